The molecule has 0 amide bonds. The van der Waals surface area contributed by atoms with Crippen LogP contribution in [0.5, 0.6) is 0 Å². The average molecular weight is 254 g/mol. The monoisotopic (exact) mass is 254 g/mol. The summed E-state index contributed by atoms with van der Waals surface area (Å²) in [5.74, 6) is 0.549. The molecule has 2 aromatic carbocycles. The molecule has 3 aromatic rings. The zero-order chi connectivity index (χ0) is 13.2. The van der Waals surface area contributed by atoms with E-state index in [9.17, 15) is 4.39 Å². The van der Waals surface area contributed by atoms with E-state index in [1.165, 1.54) is 12.1 Å². The highest BCUT2D eigenvalue weighted by atomic mass is 19.1. The molecule has 0 N–H and O–H groups in total. The minimum absolute atomic E-state index is 0.238. The normalized spacial score (nSPS) is 10.6. The van der Waals surface area contributed by atoms with Gasteiger partial charge < -0.3 is 0 Å². The second-order valence-corrected chi connectivity index (χ2v) is 4.38. The Morgan fingerprint density at radius 3 is 2.26 bits per heavy atom. The Morgan fingerprint density at radius 1 is 0.895 bits per heavy atom. The lowest BCUT2D eigenvalue weighted by molar-refractivity contribution is -0.843. The van der Waals surface area contributed by atoms with Gasteiger partial charge in [0.15, 0.2) is 7.05 Å². The predicted molar refractivity (Wildman–Crippen MR) is 70.7 cm³/mol. The molecule has 19 heavy (non-hydrogen) atoms. The number of nitrogens with zero attached hydrogens (tertiary/aromatic N) is 1. The summed E-state index contributed by atoms with van der Waals surface area (Å²) in [7, 11) is 1.83. The Bertz CT molecular complexity index is 687. The standard InChI is InChI=1S/C16H13FNO/c1-18-11-15(12-7-9-14(17)10-8-12)16(19-18)13-5-3-2-4-6-13/h2-11H,1H3/q+1. The summed E-state index contributed by atoms with van der Waals surface area (Å²) in [6.07, 6.45) is 1.90. The fourth-order valence-corrected chi connectivity index (χ4v) is 2.09. The number of hydrogen-bond donors (Lipinski definition) is 0. The van der Waals surface area contributed by atoms with Crippen LogP contribution in [-0.4, -0.2) is 0 Å². The van der Waals surface area contributed by atoms with Gasteiger partial charge in [-0.25, -0.2) is 8.91 Å². The fraction of sp³-hybridized carbons (Fsp3) is 0.0625. The number of aryl methyl sites for hydroxylation is 1. The van der Waals surface area contributed by atoms with Crippen molar-refractivity contribution in [2.75, 3.05) is 0 Å². The zero-order valence-electron chi connectivity index (χ0n) is 10.5. The van der Waals surface area contributed by atoms with Crippen molar-refractivity contribution in [1.29, 1.82) is 0 Å². The molecule has 3 rings (SSSR count). The van der Waals surface area contributed by atoms with Crippen LogP contribution in [0, 0.1) is 5.82 Å². The van der Waals surface area contributed by atoms with Gasteiger partial charge in [-0.1, -0.05) is 42.5 Å². The van der Waals surface area contributed by atoms with E-state index in [-0.39, 0.29) is 5.82 Å². The summed E-state index contributed by atoms with van der Waals surface area (Å²) in [5.41, 5.74) is 2.89. The highest BCUT2D eigenvalue weighted by Gasteiger charge is 2.18. The quantitative estimate of drug-likeness (QED) is 0.639. The molecule has 0 saturated carbocycles. The average Bonchev–Trinajstić information content (AvgIpc) is 2.83. The fourth-order valence-electron chi connectivity index (χ4n) is 2.09. The topological polar surface area (TPSA) is 17.0 Å². The van der Waals surface area contributed by atoms with Gasteiger partial charge in [-0.2, -0.15) is 0 Å². The predicted octanol–water partition coefficient (Wildman–Crippen LogP) is 3.58. The van der Waals surface area contributed by atoms with E-state index in [1.807, 2.05) is 43.6 Å². The number of halogens is 1. The molecule has 2 nitrogen and oxygen atoms in total. The molecule has 0 aliphatic carbocycles. The molecule has 0 aliphatic heterocycles. The second-order valence-electron chi connectivity index (χ2n) is 4.38. The summed E-state index contributed by atoms with van der Waals surface area (Å²) in [4.78, 5) is 0. The third kappa shape index (κ3) is 2.27. The first kappa shape index (κ1) is 11.7. The van der Waals surface area contributed by atoms with E-state index in [0.717, 1.165) is 22.5 Å². The smallest absolute Gasteiger partial charge is 0.227 e. The summed E-state index contributed by atoms with van der Waals surface area (Å²) < 4.78 is 20.4. The van der Waals surface area contributed by atoms with Crippen LogP contribution in [0.3, 0.4) is 0 Å². The second kappa shape index (κ2) is 4.69. The van der Waals surface area contributed by atoms with E-state index < -0.39 is 0 Å². The molecule has 1 heterocycles. The van der Waals surface area contributed by atoms with Gasteiger partial charge >= 0.3 is 0 Å². The third-order valence-electron chi connectivity index (χ3n) is 2.98. The molecule has 3 heteroatoms. The van der Waals surface area contributed by atoms with Gasteiger partial charge in [-0.3, -0.25) is 0 Å². The lowest BCUT2D eigenvalue weighted by Gasteiger charge is -1.99. The van der Waals surface area contributed by atoms with Crippen molar-refractivity contribution in [3.8, 4) is 22.5 Å². The summed E-state index contributed by atoms with van der Waals surface area (Å²) in [5, 5.41) is 0. The summed E-state index contributed by atoms with van der Waals surface area (Å²) >= 11 is 0. The highest BCUT2D eigenvalue weighted by molar-refractivity contribution is 5.78. The van der Waals surface area contributed by atoms with Crippen LogP contribution >= 0.6 is 0 Å². The van der Waals surface area contributed by atoms with Crippen molar-refractivity contribution in [2.45, 2.75) is 0 Å². The van der Waals surface area contributed by atoms with E-state index in [4.69, 9.17) is 4.52 Å². The van der Waals surface area contributed by atoms with Crippen LogP contribution in [-0.2, 0) is 7.05 Å². The van der Waals surface area contributed by atoms with Crippen LogP contribution in [0.4, 0.5) is 4.39 Å². The van der Waals surface area contributed by atoms with Crippen LogP contribution in [0.2, 0.25) is 0 Å². The molecule has 0 aliphatic rings. The number of benzene rings is 2. The summed E-state index contributed by atoms with van der Waals surface area (Å²) in [6.45, 7) is 0. The largest absolute Gasteiger partial charge is 0.236 e. The van der Waals surface area contributed by atoms with Crippen molar-refractivity contribution in [2.24, 2.45) is 7.05 Å². The van der Waals surface area contributed by atoms with Gasteiger partial charge in [-0.15, -0.1) is 0 Å². The molecule has 0 atom stereocenters. The van der Waals surface area contributed by atoms with Gasteiger partial charge in [0, 0.05) is 5.56 Å². The van der Waals surface area contributed by atoms with Crippen molar-refractivity contribution in [3.05, 3.63) is 66.6 Å². The third-order valence-corrected chi connectivity index (χ3v) is 2.98. The minimum Gasteiger partial charge on any atom is -0.236 e. The van der Waals surface area contributed by atoms with Crippen molar-refractivity contribution in [1.82, 2.24) is 0 Å². The maximum absolute atomic E-state index is 13.0. The van der Waals surface area contributed by atoms with Crippen molar-refractivity contribution in [3.63, 3.8) is 0 Å². The molecule has 0 saturated heterocycles. The van der Waals surface area contributed by atoms with E-state index in [2.05, 4.69) is 0 Å². The van der Waals surface area contributed by atoms with Gasteiger partial charge in [-0.05, 0) is 22.4 Å². The van der Waals surface area contributed by atoms with Crippen LogP contribution < -0.4 is 4.74 Å². The molecular formula is C16H13FNO+. The minimum atomic E-state index is -0.238. The molecule has 0 bridgehead atoms. The molecule has 0 fully saturated rings. The Labute approximate surface area is 110 Å². The molecule has 0 spiro atoms. The van der Waals surface area contributed by atoms with E-state index in [0.29, 0.717) is 0 Å². The van der Waals surface area contributed by atoms with E-state index >= 15 is 0 Å². The molecule has 0 radical (unpaired) electrons. The lowest BCUT2D eigenvalue weighted by Crippen LogP contribution is -2.22. The van der Waals surface area contributed by atoms with Crippen LogP contribution in [0.15, 0.2) is 65.3 Å². The molecule has 1 aromatic heterocycles. The Balaban J connectivity index is 2.15. The van der Waals surface area contributed by atoms with E-state index in [1.54, 1.807) is 16.9 Å². The SMILES string of the molecule is C[n+]1cc(-c2ccc(F)cc2)c(-c2ccccc2)o1. The van der Waals surface area contributed by atoms with Crippen molar-refractivity contribution >= 4 is 0 Å². The van der Waals surface area contributed by atoms with Gasteiger partial charge in [0.2, 0.25) is 12.0 Å². The summed E-state index contributed by atoms with van der Waals surface area (Å²) in [6, 6.07) is 16.3. The first-order chi connectivity index (χ1) is 9.24. The number of aromatic nitrogens is 1. The lowest BCUT2D eigenvalue weighted by atomic mass is 10.0. The van der Waals surface area contributed by atoms with Crippen LogP contribution in [0.1, 0.15) is 0 Å². The maximum atomic E-state index is 13.0. The van der Waals surface area contributed by atoms with Gasteiger partial charge in [0.05, 0.1) is 0 Å². The highest BCUT2D eigenvalue weighted by Crippen LogP contribution is 2.31. The molecule has 0 unspecified atom stereocenters. The Morgan fingerprint density at radius 2 is 1.58 bits per heavy atom. The molecule has 94 valence electrons. The maximum Gasteiger partial charge on any atom is 0.227 e. The Kier molecular flexibility index (Phi) is 2.88. The molecular weight excluding hydrogens is 241 g/mol. The number of hydrogen-bond acceptors (Lipinski definition) is 1. The van der Waals surface area contributed by atoms with Crippen molar-refractivity contribution < 1.29 is 13.7 Å². The zero-order valence-corrected chi connectivity index (χ0v) is 10.5. The van der Waals surface area contributed by atoms with Gasteiger partial charge in [0.1, 0.15) is 11.4 Å². The Hall–Kier alpha value is -2.42. The van der Waals surface area contributed by atoms with Crippen LogP contribution in [0.25, 0.3) is 22.5 Å². The first-order valence-corrected chi connectivity index (χ1v) is 6.05. The van der Waals surface area contributed by atoms with Gasteiger partial charge in [0.25, 0.3) is 0 Å². The number of rotatable bonds is 2. The first-order valence-electron chi connectivity index (χ1n) is 6.05.